The zero-order valence-corrected chi connectivity index (χ0v) is 10.1. The normalized spacial score (nSPS) is 16.8. The van der Waals surface area contributed by atoms with Gasteiger partial charge in [0.05, 0.1) is 0 Å². The highest BCUT2D eigenvalue weighted by Gasteiger charge is 2.18. The third kappa shape index (κ3) is 1.92. The summed E-state index contributed by atoms with van der Waals surface area (Å²) < 4.78 is 2.37. The average Bonchev–Trinajstić information content (AvgIpc) is 2.16. The molecular formula is C11H14ClNS. The molecule has 0 radical (unpaired) electrons. The van der Waals surface area contributed by atoms with Crippen molar-refractivity contribution in [2.75, 3.05) is 13.1 Å². The quantitative estimate of drug-likeness (QED) is 0.676. The van der Waals surface area contributed by atoms with E-state index in [0.29, 0.717) is 0 Å². The van der Waals surface area contributed by atoms with Crippen LogP contribution >= 0.6 is 23.5 Å². The minimum absolute atomic E-state index is 0.934. The molecular weight excluding hydrogens is 214 g/mol. The van der Waals surface area contributed by atoms with Gasteiger partial charge in [-0.2, -0.15) is 0 Å². The molecule has 0 unspecified atom stereocenters. The number of fused-ring (bicyclic) bond motifs is 1. The Morgan fingerprint density at radius 2 is 2.29 bits per heavy atom. The molecule has 1 aromatic rings. The minimum atomic E-state index is 0.934. The Hall–Kier alpha value is -0.180. The molecule has 1 aromatic carbocycles. The van der Waals surface area contributed by atoms with Gasteiger partial charge in [-0.25, -0.2) is 4.31 Å². The SMILES string of the molecule is CCN1CCc2c(Cl)cc(C)cc2S1. The molecule has 0 saturated carbocycles. The molecule has 0 N–H and O–H groups in total. The lowest BCUT2D eigenvalue weighted by atomic mass is 10.1. The van der Waals surface area contributed by atoms with Gasteiger partial charge in [0.2, 0.25) is 0 Å². The smallest absolute Gasteiger partial charge is 0.0452 e. The summed E-state index contributed by atoms with van der Waals surface area (Å²) in [7, 11) is 0. The summed E-state index contributed by atoms with van der Waals surface area (Å²) in [5.41, 5.74) is 2.58. The molecule has 0 fully saturated rings. The molecule has 1 heterocycles. The summed E-state index contributed by atoms with van der Waals surface area (Å²) in [4.78, 5) is 1.34. The van der Waals surface area contributed by atoms with Crippen LogP contribution in [0.15, 0.2) is 17.0 Å². The number of hydrogen-bond acceptors (Lipinski definition) is 2. The average molecular weight is 228 g/mol. The Labute approximate surface area is 94.6 Å². The van der Waals surface area contributed by atoms with Crippen molar-refractivity contribution in [2.24, 2.45) is 0 Å². The molecule has 14 heavy (non-hydrogen) atoms. The van der Waals surface area contributed by atoms with Crippen LogP contribution in [-0.2, 0) is 6.42 Å². The Bertz CT molecular complexity index is 351. The zero-order valence-electron chi connectivity index (χ0n) is 8.51. The number of rotatable bonds is 1. The van der Waals surface area contributed by atoms with Crippen LogP contribution in [0.1, 0.15) is 18.1 Å². The maximum absolute atomic E-state index is 6.21. The number of likely N-dealkylation sites (N-methyl/N-ethyl adjacent to an activating group) is 1. The van der Waals surface area contributed by atoms with E-state index in [2.05, 4.69) is 30.3 Å². The second-order valence-corrected chi connectivity index (χ2v) is 5.13. The Morgan fingerprint density at radius 1 is 1.50 bits per heavy atom. The molecule has 1 aliphatic rings. The zero-order chi connectivity index (χ0) is 10.1. The van der Waals surface area contributed by atoms with Crippen molar-refractivity contribution in [1.82, 2.24) is 4.31 Å². The summed E-state index contributed by atoms with van der Waals surface area (Å²) in [6, 6.07) is 4.29. The predicted octanol–water partition coefficient (Wildman–Crippen LogP) is 3.53. The molecule has 0 amide bonds. The van der Waals surface area contributed by atoms with Crippen molar-refractivity contribution in [3.63, 3.8) is 0 Å². The highest BCUT2D eigenvalue weighted by Crippen LogP contribution is 2.36. The van der Waals surface area contributed by atoms with Crippen molar-refractivity contribution >= 4 is 23.5 Å². The topological polar surface area (TPSA) is 3.24 Å². The van der Waals surface area contributed by atoms with Gasteiger partial charge in [-0.15, -0.1) is 0 Å². The van der Waals surface area contributed by atoms with E-state index in [0.717, 1.165) is 24.5 Å². The fraction of sp³-hybridized carbons (Fsp3) is 0.455. The molecule has 1 aliphatic heterocycles. The van der Waals surface area contributed by atoms with E-state index in [1.807, 2.05) is 11.9 Å². The molecule has 1 nitrogen and oxygen atoms in total. The van der Waals surface area contributed by atoms with Crippen LogP contribution in [0.5, 0.6) is 0 Å². The van der Waals surface area contributed by atoms with Crippen molar-refractivity contribution in [1.29, 1.82) is 0 Å². The second-order valence-electron chi connectivity index (χ2n) is 3.59. The van der Waals surface area contributed by atoms with Gasteiger partial charge in [0.25, 0.3) is 0 Å². The van der Waals surface area contributed by atoms with Crippen LogP contribution < -0.4 is 0 Å². The Kier molecular flexibility index (Phi) is 3.05. The first-order valence-electron chi connectivity index (χ1n) is 4.92. The number of hydrogen-bond donors (Lipinski definition) is 0. The van der Waals surface area contributed by atoms with E-state index in [1.165, 1.54) is 16.0 Å². The molecule has 2 rings (SSSR count). The fourth-order valence-corrected chi connectivity index (χ4v) is 3.28. The van der Waals surface area contributed by atoms with Gasteiger partial charge in [0.1, 0.15) is 0 Å². The van der Waals surface area contributed by atoms with Gasteiger partial charge in [-0.05, 0) is 48.6 Å². The number of nitrogens with zero attached hydrogens (tertiary/aromatic N) is 1. The van der Waals surface area contributed by atoms with E-state index >= 15 is 0 Å². The Morgan fingerprint density at radius 3 is 3.00 bits per heavy atom. The monoisotopic (exact) mass is 227 g/mol. The molecule has 0 aliphatic carbocycles. The molecule has 0 saturated heterocycles. The summed E-state index contributed by atoms with van der Waals surface area (Å²) in [6.07, 6.45) is 1.08. The van der Waals surface area contributed by atoms with Gasteiger partial charge < -0.3 is 0 Å². The minimum Gasteiger partial charge on any atom is -0.246 e. The van der Waals surface area contributed by atoms with Crippen molar-refractivity contribution < 1.29 is 0 Å². The van der Waals surface area contributed by atoms with Crippen molar-refractivity contribution in [2.45, 2.75) is 25.2 Å². The van der Waals surface area contributed by atoms with E-state index in [1.54, 1.807) is 0 Å². The van der Waals surface area contributed by atoms with Gasteiger partial charge >= 0.3 is 0 Å². The van der Waals surface area contributed by atoms with Gasteiger partial charge in [-0.3, -0.25) is 0 Å². The second kappa shape index (κ2) is 4.13. The standard InChI is InChI=1S/C11H14ClNS/c1-3-13-5-4-9-10(12)6-8(2)7-11(9)14-13/h6-7H,3-5H2,1-2H3. The van der Waals surface area contributed by atoms with Crippen LogP contribution in [0.3, 0.4) is 0 Å². The summed E-state index contributed by atoms with van der Waals surface area (Å²) in [6.45, 7) is 6.49. The maximum atomic E-state index is 6.21. The van der Waals surface area contributed by atoms with E-state index < -0.39 is 0 Å². The fourth-order valence-electron chi connectivity index (χ4n) is 1.71. The third-order valence-corrected chi connectivity index (χ3v) is 4.09. The van der Waals surface area contributed by atoms with Crippen LogP contribution in [0, 0.1) is 6.92 Å². The van der Waals surface area contributed by atoms with Crippen LogP contribution in [0.25, 0.3) is 0 Å². The first-order chi connectivity index (χ1) is 6.70. The highest BCUT2D eigenvalue weighted by atomic mass is 35.5. The summed E-state index contributed by atoms with van der Waals surface area (Å²) in [5, 5.41) is 0.934. The summed E-state index contributed by atoms with van der Waals surface area (Å²) >= 11 is 8.04. The number of aryl methyl sites for hydroxylation is 1. The lowest BCUT2D eigenvalue weighted by Gasteiger charge is -2.27. The van der Waals surface area contributed by atoms with Gasteiger partial charge in [-0.1, -0.05) is 18.5 Å². The maximum Gasteiger partial charge on any atom is 0.0452 e. The van der Waals surface area contributed by atoms with Crippen LogP contribution in [0.4, 0.5) is 0 Å². The van der Waals surface area contributed by atoms with Crippen LogP contribution in [0.2, 0.25) is 5.02 Å². The Balaban J connectivity index is 2.37. The third-order valence-electron chi connectivity index (χ3n) is 2.49. The van der Waals surface area contributed by atoms with Gasteiger partial charge in [0.15, 0.2) is 0 Å². The molecule has 3 heteroatoms. The van der Waals surface area contributed by atoms with E-state index in [-0.39, 0.29) is 0 Å². The lowest BCUT2D eigenvalue weighted by molar-refractivity contribution is 0.488. The first-order valence-corrected chi connectivity index (χ1v) is 6.07. The molecule has 0 bridgehead atoms. The predicted molar refractivity (Wildman–Crippen MR) is 63.0 cm³/mol. The summed E-state index contributed by atoms with van der Waals surface area (Å²) in [5.74, 6) is 0. The lowest BCUT2D eigenvalue weighted by Crippen LogP contribution is -2.22. The number of benzene rings is 1. The molecule has 0 aromatic heterocycles. The molecule has 0 spiro atoms. The van der Waals surface area contributed by atoms with E-state index in [4.69, 9.17) is 11.6 Å². The van der Waals surface area contributed by atoms with Gasteiger partial charge in [0, 0.05) is 23.0 Å². The first kappa shape index (κ1) is 10.3. The van der Waals surface area contributed by atoms with E-state index in [9.17, 15) is 0 Å². The largest absolute Gasteiger partial charge is 0.246 e. The molecule has 0 atom stereocenters. The number of halogens is 1. The van der Waals surface area contributed by atoms with Crippen LogP contribution in [-0.4, -0.2) is 17.4 Å². The van der Waals surface area contributed by atoms with Crippen molar-refractivity contribution in [3.8, 4) is 0 Å². The highest BCUT2D eigenvalue weighted by molar-refractivity contribution is 7.97. The van der Waals surface area contributed by atoms with Crippen molar-refractivity contribution in [3.05, 3.63) is 28.3 Å². The molecule has 76 valence electrons.